The molecule has 5 heteroatoms. The van der Waals surface area contributed by atoms with Gasteiger partial charge < -0.3 is 10.0 Å². The number of piperidine rings is 1. The van der Waals surface area contributed by atoms with E-state index >= 15 is 0 Å². The average Bonchev–Trinajstić information content (AvgIpc) is 2.28. The second-order valence-corrected chi connectivity index (χ2v) is 4.77. The van der Waals surface area contributed by atoms with E-state index in [9.17, 15) is 4.79 Å². The standard InChI is InChI=1S/C12H15ClN2O2/c1-8-4-2-3-5-15(8)11-7-9(12(16)17)6-10(13)14-11/h6-8H,2-5H2,1H3,(H,16,17). The van der Waals surface area contributed by atoms with E-state index < -0.39 is 5.97 Å². The summed E-state index contributed by atoms with van der Waals surface area (Å²) >= 11 is 5.86. The second-order valence-electron chi connectivity index (χ2n) is 4.38. The Labute approximate surface area is 105 Å². The summed E-state index contributed by atoms with van der Waals surface area (Å²) in [4.78, 5) is 17.3. The lowest BCUT2D eigenvalue weighted by Gasteiger charge is -2.34. The molecule has 0 aromatic carbocycles. The maximum absolute atomic E-state index is 11.0. The van der Waals surface area contributed by atoms with Crippen molar-refractivity contribution in [1.29, 1.82) is 0 Å². The maximum atomic E-state index is 11.0. The van der Waals surface area contributed by atoms with Crippen LogP contribution in [0.15, 0.2) is 12.1 Å². The van der Waals surface area contributed by atoms with Gasteiger partial charge in [-0.1, -0.05) is 11.6 Å². The lowest BCUT2D eigenvalue weighted by atomic mass is 10.0. The van der Waals surface area contributed by atoms with Gasteiger partial charge >= 0.3 is 5.97 Å². The minimum atomic E-state index is -0.972. The fourth-order valence-corrected chi connectivity index (χ4v) is 2.40. The number of aromatic carboxylic acids is 1. The lowest BCUT2D eigenvalue weighted by molar-refractivity contribution is 0.0696. The van der Waals surface area contributed by atoms with Crippen LogP contribution in [0.25, 0.3) is 0 Å². The highest BCUT2D eigenvalue weighted by Gasteiger charge is 2.21. The molecule has 1 fully saturated rings. The van der Waals surface area contributed by atoms with Gasteiger partial charge in [-0.15, -0.1) is 0 Å². The van der Waals surface area contributed by atoms with Crippen molar-refractivity contribution in [1.82, 2.24) is 4.98 Å². The highest BCUT2D eigenvalue weighted by atomic mass is 35.5. The summed E-state index contributed by atoms with van der Waals surface area (Å²) in [5.74, 6) is -0.303. The second kappa shape index (κ2) is 4.92. The molecule has 1 saturated heterocycles. The molecule has 4 nitrogen and oxygen atoms in total. The number of halogens is 1. The smallest absolute Gasteiger partial charge is 0.335 e. The zero-order chi connectivity index (χ0) is 12.4. The van der Waals surface area contributed by atoms with E-state index in [0.717, 1.165) is 19.4 Å². The highest BCUT2D eigenvalue weighted by Crippen LogP contribution is 2.25. The molecule has 2 rings (SSSR count). The molecule has 0 amide bonds. The Kier molecular flexibility index (Phi) is 3.52. The first-order valence-electron chi connectivity index (χ1n) is 5.75. The normalized spacial score (nSPS) is 20.4. The Bertz CT molecular complexity index is 437. The van der Waals surface area contributed by atoms with Gasteiger partial charge in [0.05, 0.1) is 5.56 Å². The van der Waals surface area contributed by atoms with Crippen molar-refractivity contribution in [3.05, 3.63) is 22.8 Å². The van der Waals surface area contributed by atoms with E-state index in [1.54, 1.807) is 6.07 Å². The van der Waals surface area contributed by atoms with Crippen molar-refractivity contribution in [2.75, 3.05) is 11.4 Å². The number of nitrogens with zero attached hydrogens (tertiary/aromatic N) is 2. The Hall–Kier alpha value is -1.29. The Morgan fingerprint density at radius 2 is 2.29 bits per heavy atom. The number of carbonyl (C=O) groups is 1. The molecule has 0 bridgehead atoms. The quantitative estimate of drug-likeness (QED) is 0.825. The van der Waals surface area contributed by atoms with Crippen LogP contribution < -0.4 is 4.90 Å². The molecule has 92 valence electrons. The van der Waals surface area contributed by atoms with Crippen LogP contribution in [0, 0.1) is 0 Å². The molecule has 0 spiro atoms. The Balaban J connectivity index is 2.33. The molecule has 0 aliphatic carbocycles. The number of carboxylic acid groups (broad SMARTS) is 1. The van der Waals surface area contributed by atoms with Crippen LogP contribution in [-0.2, 0) is 0 Å². The van der Waals surface area contributed by atoms with Gasteiger partial charge in [0.1, 0.15) is 11.0 Å². The molecule has 1 atom stereocenters. The van der Waals surface area contributed by atoms with Crippen LogP contribution in [-0.4, -0.2) is 28.6 Å². The summed E-state index contributed by atoms with van der Waals surface area (Å²) in [5.41, 5.74) is 0.192. The van der Waals surface area contributed by atoms with E-state index in [1.165, 1.54) is 12.5 Å². The third kappa shape index (κ3) is 2.69. The van der Waals surface area contributed by atoms with Gasteiger partial charge in [0.25, 0.3) is 0 Å². The number of hydrogen-bond donors (Lipinski definition) is 1. The summed E-state index contributed by atoms with van der Waals surface area (Å²) in [5, 5.41) is 9.23. The van der Waals surface area contributed by atoms with E-state index in [2.05, 4.69) is 16.8 Å². The molecule has 1 N–H and O–H groups in total. The molecule has 1 unspecified atom stereocenters. The molecule has 1 aromatic heterocycles. The fraction of sp³-hybridized carbons (Fsp3) is 0.500. The zero-order valence-corrected chi connectivity index (χ0v) is 10.4. The van der Waals surface area contributed by atoms with E-state index in [0.29, 0.717) is 11.9 Å². The van der Waals surface area contributed by atoms with Gasteiger partial charge in [-0.05, 0) is 38.3 Å². The lowest BCUT2D eigenvalue weighted by Crippen LogP contribution is -2.38. The van der Waals surface area contributed by atoms with Crippen molar-refractivity contribution in [3.8, 4) is 0 Å². The SMILES string of the molecule is CC1CCCCN1c1cc(C(=O)O)cc(Cl)n1. The number of hydrogen-bond acceptors (Lipinski definition) is 3. The first kappa shape index (κ1) is 12.2. The molecular formula is C12H15ClN2O2. The minimum Gasteiger partial charge on any atom is -0.478 e. The summed E-state index contributed by atoms with van der Waals surface area (Å²) in [6.45, 7) is 3.04. The molecule has 2 heterocycles. The van der Waals surface area contributed by atoms with E-state index in [1.807, 2.05) is 0 Å². The topological polar surface area (TPSA) is 53.4 Å². The highest BCUT2D eigenvalue weighted by molar-refractivity contribution is 6.29. The van der Waals surface area contributed by atoms with Crippen LogP contribution in [0.4, 0.5) is 5.82 Å². The fourth-order valence-electron chi connectivity index (χ4n) is 2.19. The van der Waals surface area contributed by atoms with E-state index in [4.69, 9.17) is 16.7 Å². The molecular weight excluding hydrogens is 240 g/mol. The summed E-state index contributed by atoms with van der Waals surface area (Å²) in [7, 11) is 0. The number of anilines is 1. The Morgan fingerprint density at radius 3 is 2.94 bits per heavy atom. The van der Waals surface area contributed by atoms with Crippen LogP contribution >= 0.6 is 11.6 Å². The third-order valence-electron chi connectivity index (χ3n) is 3.12. The molecule has 0 radical (unpaired) electrons. The van der Waals surface area contributed by atoms with Gasteiger partial charge in [-0.3, -0.25) is 0 Å². The first-order valence-corrected chi connectivity index (χ1v) is 6.13. The number of carboxylic acids is 1. The monoisotopic (exact) mass is 254 g/mol. The predicted octanol–water partition coefficient (Wildman–Crippen LogP) is 2.81. The van der Waals surface area contributed by atoms with Crippen molar-refractivity contribution in [2.24, 2.45) is 0 Å². The van der Waals surface area contributed by atoms with Gasteiger partial charge in [0, 0.05) is 12.6 Å². The molecule has 1 aliphatic rings. The van der Waals surface area contributed by atoms with Crippen molar-refractivity contribution in [2.45, 2.75) is 32.2 Å². The number of rotatable bonds is 2. The molecule has 1 aliphatic heterocycles. The van der Waals surface area contributed by atoms with Crippen molar-refractivity contribution >= 4 is 23.4 Å². The van der Waals surface area contributed by atoms with Gasteiger partial charge in [-0.25, -0.2) is 9.78 Å². The van der Waals surface area contributed by atoms with Crippen molar-refractivity contribution < 1.29 is 9.90 Å². The number of pyridine rings is 1. The van der Waals surface area contributed by atoms with E-state index in [-0.39, 0.29) is 10.7 Å². The van der Waals surface area contributed by atoms with Gasteiger partial charge in [0.2, 0.25) is 0 Å². The summed E-state index contributed by atoms with van der Waals surface area (Å²) in [6.07, 6.45) is 3.43. The third-order valence-corrected chi connectivity index (χ3v) is 3.32. The largest absolute Gasteiger partial charge is 0.478 e. The molecule has 17 heavy (non-hydrogen) atoms. The van der Waals surface area contributed by atoms with Crippen LogP contribution in [0.2, 0.25) is 5.15 Å². The van der Waals surface area contributed by atoms with Crippen molar-refractivity contribution in [3.63, 3.8) is 0 Å². The molecule has 0 saturated carbocycles. The van der Waals surface area contributed by atoms with Gasteiger partial charge in [0.15, 0.2) is 0 Å². The average molecular weight is 255 g/mol. The van der Waals surface area contributed by atoms with Crippen LogP contribution in [0.1, 0.15) is 36.5 Å². The minimum absolute atomic E-state index is 0.192. The zero-order valence-electron chi connectivity index (χ0n) is 9.69. The Morgan fingerprint density at radius 1 is 1.53 bits per heavy atom. The predicted molar refractivity (Wildman–Crippen MR) is 66.9 cm³/mol. The summed E-state index contributed by atoms with van der Waals surface area (Å²) in [6, 6.07) is 3.36. The van der Waals surface area contributed by atoms with Crippen LogP contribution in [0.5, 0.6) is 0 Å². The van der Waals surface area contributed by atoms with Crippen LogP contribution in [0.3, 0.4) is 0 Å². The van der Waals surface area contributed by atoms with Gasteiger partial charge in [-0.2, -0.15) is 0 Å². The molecule has 1 aromatic rings. The summed E-state index contributed by atoms with van der Waals surface area (Å²) < 4.78 is 0. The number of aromatic nitrogens is 1. The maximum Gasteiger partial charge on any atom is 0.335 e. The first-order chi connectivity index (χ1) is 8.08.